The van der Waals surface area contributed by atoms with E-state index < -0.39 is 6.67 Å². The maximum absolute atomic E-state index is 12.8. The minimum Gasteiger partial charge on any atom is -0.460 e. The Balaban J connectivity index is 1.86. The fourth-order valence-electron chi connectivity index (χ4n) is 2.82. The topological polar surface area (TPSA) is 59.3 Å². The van der Waals surface area contributed by atoms with Crippen LogP contribution in [0.3, 0.4) is 0 Å². The van der Waals surface area contributed by atoms with E-state index in [2.05, 4.69) is 10.3 Å². The molecule has 0 saturated carbocycles. The van der Waals surface area contributed by atoms with E-state index in [4.69, 9.17) is 16.3 Å². The van der Waals surface area contributed by atoms with Gasteiger partial charge in [0.2, 0.25) is 0 Å². The Bertz CT molecular complexity index is 897. The van der Waals surface area contributed by atoms with Crippen LogP contribution in [0.15, 0.2) is 48.5 Å². The first kappa shape index (κ1) is 19.2. The first-order chi connectivity index (χ1) is 13.1. The number of aliphatic hydroxyl groups is 1. The molecule has 0 spiro atoms. The van der Waals surface area contributed by atoms with Crippen LogP contribution in [-0.2, 0) is 26.4 Å². The van der Waals surface area contributed by atoms with E-state index in [1.165, 1.54) is 0 Å². The van der Waals surface area contributed by atoms with Gasteiger partial charge in [-0.2, -0.15) is 4.98 Å². The smallest absolute Gasteiger partial charge is 0.299 e. The Morgan fingerprint density at radius 1 is 1.15 bits per heavy atom. The van der Waals surface area contributed by atoms with Gasteiger partial charge >= 0.3 is 0 Å². The average Bonchev–Trinajstić information content (AvgIpc) is 3.04. The summed E-state index contributed by atoms with van der Waals surface area (Å²) in [6, 6.07) is 15.0. The molecule has 0 saturated heterocycles. The fraction of sp³-hybridized carbons (Fsp3) is 0.250. The Kier molecular flexibility index (Phi) is 6.32. The minimum absolute atomic E-state index is 0.183. The summed E-state index contributed by atoms with van der Waals surface area (Å²) in [4.78, 5) is 4.44. The van der Waals surface area contributed by atoms with Crippen molar-refractivity contribution in [3.05, 3.63) is 75.9 Å². The quantitative estimate of drug-likeness (QED) is 0.607. The molecule has 0 radical (unpaired) electrons. The zero-order valence-corrected chi connectivity index (χ0v) is 15.7. The molecule has 2 aromatic carbocycles. The van der Waals surface area contributed by atoms with Gasteiger partial charge in [-0.05, 0) is 34.9 Å². The number of imidazole rings is 1. The van der Waals surface area contributed by atoms with Crippen LogP contribution in [-0.4, -0.2) is 21.7 Å². The van der Waals surface area contributed by atoms with Crippen molar-refractivity contribution in [2.45, 2.75) is 26.4 Å². The average molecular weight is 390 g/mol. The molecule has 2 N–H and O–H groups in total. The van der Waals surface area contributed by atoms with Crippen molar-refractivity contribution in [1.82, 2.24) is 9.55 Å². The first-order valence-electron chi connectivity index (χ1n) is 8.53. The third-order valence-corrected chi connectivity index (χ3v) is 4.44. The molecule has 1 aromatic heterocycles. The van der Waals surface area contributed by atoms with E-state index in [0.717, 1.165) is 11.1 Å². The van der Waals surface area contributed by atoms with E-state index in [0.29, 0.717) is 34.7 Å². The first-order valence-corrected chi connectivity index (χ1v) is 8.91. The zero-order chi connectivity index (χ0) is 19.2. The number of rotatable bonds is 8. The van der Waals surface area contributed by atoms with Crippen LogP contribution in [0.25, 0.3) is 0 Å². The molecule has 0 unspecified atom stereocenters. The van der Waals surface area contributed by atoms with Gasteiger partial charge in [-0.3, -0.25) is 4.57 Å². The number of benzene rings is 2. The van der Waals surface area contributed by atoms with Gasteiger partial charge in [0.25, 0.3) is 6.01 Å². The lowest BCUT2D eigenvalue weighted by Gasteiger charge is -2.12. The van der Waals surface area contributed by atoms with Gasteiger partial charge in [0.1, 0.15) is 13.3 Å². The van der Waals surface area contributed by atoms with E-state index in [-0.39, 0.29) is 13.2 Å². The van der Waals surface area contributed by atoms with Crippen LogP contribution in [0.1, 0.15) is 22.4 Å². The number of ether oxygens (including phenoxy) is 1. The number of nitrogens with zero attached hydrogens (tertiary/aromatic N) is 2. The number of halogens is 2. The van der Waals surface area contributed by atoms with Crippen molar-refractivity contribution in [2.24, 2.45) is 0 Å². The molecule has 0 aliphatic heterocycles. The molecule has 27 heavy (non-hydrogen) atoms. The molecule has 0 fully saturated rings. The van der Waals surface area contributed by atoms with Gasteiger partial charge in [0.05, 0.1) is 18.8 Å². The standard InChI is InChI=1S/C20H21ClFN3O2/c1-23-19-18(12-26)25(11-14-5-7-17(21)8-6-14)20(24-19)27-13-16-4-2-3-15(9-16)10-22/h2-9,23,26H,10-13H2,1H3. The second-order valence-corrected chi connectivity index (χ2v) is 6.49. The summed E-state index contributed by atoms with van der Waals surface area (Å²) in [6.07, 6.45) is 0. The lowest BCUT2D eigenvalue weighted by atomic mass is 10.1. The summed E-state index contributed by atoms with van der Waals surface area (Å²) in [7, 11) is 1.74. The molecule has 142 valence electrons. The molecular formula is C20H21ClFN3O2. The molecule has 0 bridgehead atoms. The fourth-order valence-corrected chi connectivity index (χ4v) is 2.95. The predicted octanol–water partition coefficient (Wildman–Crippen LogP) is 4.17. The summed E-state index contributed by atoms with van der Waals surface area (Å²) in [5.74, 6) is 0.555. The van der Waals surface area contributed by atoms with Gasteiger partial charge in [-0.15, -0.1) is 0 Å². The van der Waals surface area contributed by atoms with E-state index in [1.54, 1.807) is 25.2 Å². The lowest BCUT2D eigenvalue weighted by molar-refractivity contribution is 0.250. The zero-order valence-electron chi connectivity index (χ0n) is 15.0. The van der Waals surface area contributed by atoms with Gasteiger partial charge in [-0.25, -0.2) is 4.39 Å². The molecule has 3 aromatic rings. The third-order valence-electron chi connectivity index (χ3n) is 4.19. The molecule has 5 nitrogen and oxygen atoms in total. The molecule has 1 heterocycles. The highest BCUT2D eigenvalue weighted by Crippen LogP contribution is 2.25. The van der Waals surface area contributed by atoms with Crippen LogP contribution in [0.4, 0.5) is 10.2 Å². The summed E-state index contributed by atoms with van der Waals surface area (Å²) in [5.41, 5.74) is 3.08. The Morgan fingerprint density at radius 2 is 1.89 bits per heavy atom. The van der Waals surface area contributed by atoms with Crippen molar-refractivity contribution in [3.63, 3.8) is 0 Å². The molecule has 0 amide bonds. The summed E-state index contributed by atoms with van der Waals surface area (Å²) in [6.45, 7) is 0.0240. The van der Waals surface area contributed by atoms with Crippen molar-refractivity contribution >= 4 is 17.4 Å². The minimum atomic E-state index is -0.516. The molecule has 0 aliphatic rings. The van der Waals surface area contributed by atoms with Crippen LogP contribution in [0.5, 0.6) is 6.01 Å². The second kappa shape index (κ2) is 8.88. The van der Waals surface area contributed by atoms with Crippen LogP contribution in [0.2, 0.25) is 5.02 Å². The van der Waals surface area contributed by atoms with E-state index in [1.807, 2.05) is 34.9 Å². The number of hydrogen-bond donors (Lipinski definition) is 2. The third kappa shape index (κ3) is 4.59. The highest BCUT2D eigenvalue weighted by molar-refractivity contribution is 6.30. The molecule has 7 heteroatoms. The van der Waals surface area contributed by atoms with Crippen LogP contribution < -0.4 is 10.1 Å². The predicted molar refractivity (Wildman–Crippen MR) is 104 cm³/mol. The van der Waals surface area contributed by atoms with Crippen LogP contribution >= 0.6 is 11.6 Å². The van der Waals surface area contributed by atoms with Gasteiger partial charge in [0.15, 0.2) is 5.82 Å². The highest BCUT2D eigenvalue weighted by atomic mass is 35.5. The van der Waals surface area contributed by atoms with Crippen molar-refractivity contribution in [2.75, 3.05) is 12.4 Å². The van der Waals surface area contributed by atoms with Gasteiger partial charge < -0.3 is 15.2 Å². The van der Waals surface area contributed by atoms with E-state index in [9.17, 15) is 9.50 Å². The van der Waals surface area contributed by atoms with E-state index >= 15 is 0 Å². The number of hydrogen-bond acceptors (Lipinski definition) is 4. The Labute approximate surface area is 162 Å². The normalized spacial score (nSPS) is 10.8. The number of aliphatic hydroxyl groups excluding tert-OH is 1. The number of nitrogens with one attached hydrogen (secondary N) is 1. The van der Waals surface area contributed by atoms with Crippen molar-refractivity contribution in [1.29, 1.82) is 0 Å². The van der Waals surface area contributed by atoms with Crippen molar-refractivity contribution in [3.8, 4) is 6.01 Å². The molecular weight excluding hydrogens is 369 g/mol. The summed E-state index contributed by atoms with van der Waals surface area (Å²) < 4.78 is 20.6. The molecule has 0 aliphatic carbocycles. The van der Waals surface area contributed by atoms with Gasteiger partial charge in [-0.1, -0.05) is 41.9 Å². The Morgan fingerprint density at radius 3 is 2.56 bits per heavy atom. The summed E-state index contributed by atoms with van der Waals surface area (Å²) in [5, 5.41) is 13.4. The highest BCUT2D eigenvalue weighted by Gasteiger charge is 2.17. The number of anilines is 1. The van der Waals surface area contributed by atoms with Crippen LogP contribution in [0, 0.1) is 0 Å². The maximum atomic E-state index is 12.8. The van der Waals surface area contributed by atoms with Gasteiger partial charge in [0, 0.05) is 12.1 Å². The largest absolute Gasteiger partial charge is 0.460 e. The number of alkyl halides is 1. The molecule has 3 rings (SSSR count). The summed E-state index contributed by atoms with van der Waals surface area (Å²) >= 11 is 5.95. The lowest BCUT2D eigenvalue weighted by Crippen LogP contribution is -2.09. The Hall–Kier alpha value is -2.57. The van der Waals surface area contributed by atoms with Crippen molar-refractivity contribution < 1.29 is 14.2 Å². The number of aromatic nitrogens is 2. The monoisotopic (exact) mass is 389 g/mol. The maximum Gasteiger partial charge on any atom is 0.299 e. The molecule has 0 atom stereocenters. The SMILES string of the molecule is CNc1nc(OCc2cccc(CF)c2)n(Cc2ccc(Cl)cc2)c1CO. The second-order valence-electron chi connectivity index (χ2n) is 6.05.